The molecule has 1 N–H and O–H groups in total. The molecule has 0 radical (unpaired) electrons. The number of benzene rings is 2. The molecule has 0 saturated carbocycles. The number of alkyl halides is 6. The van der Waals surface area contributed by atoms with E-state index in [0.29, 0.717) is 30.5 Å². The minimum absolute atomic E-state index is 0.0418. The second kappa shape index (κ2) is 11.0. The molecule has 1 aromatic heterocycles. The zero-order chi connectivity index (χ0) is 29.7. The topological polar surface area (TPSA) is 55.2 Å². The van der Waals surface area contributed by atoms with Crippen molar-refractivity contribution in [2.75, 3.05) is 20.6 Å². The van der Waals surface area contributed by atoms with Crippen LogP contribution in [0, 0.1) is 5.82 Å². The first-order valence-corrected chi connectivity index (χ1v) is 13.2. The van der Waals surface area contributed by atoms with Crippen molar-refractivity contribution >= 4 is 0 Å². The van der Waals surface area contributed by atoms with Crippen LogP contribution in [0.2, 0.25) is 0 Å². The molecule has 1 fully saturated rings. The van der Waals surface area contributed by atoms with Gasteiger partial charge in [-0.15, -0.1) is 10.2 Å². The SMILES string of the molecule is C[C@@H](O[C@H]1Cc2nnc([C@@H]3C[C@@H](N(C)C)CN3)n2C[C@@H]1c1ccc(F)cc1)c1cc(C(F)(F)F)cc(C(F)(F)F)c1. The van der Waals surface area contributed by atoms with Gasteiger partial charge in [0.15, 0.2) is 0 Å². The van der Waals surface area contributed by atoms with Crippen LogP contribution in [-0.2, 0) is 30.1 Å². The Morgan fingerprint density at radius 1 is 0.976 bits per heavy atom. The Hall–Kier alpha value is -3.03. The summed E-state index contributed by atoms with van der Waals surface area (Å²) in [5.74, 6) is 0.523. The third kappa shape index (κ3) is 6.26. The molecular weight excluding hydrogens is 555 g/mol. The Kier molecular flexibility index (Phi) is 7.90. The molecule has 0 spiro atoms. The summed E-state index contributed by atoms with van der Waals surface area (Å²) in [6.45, 7) is 2.55. The highest BCUT2D eigenvalue weighted by molar-refractivity contribution is 5.35. The Morgan fingerprint density at radius 2 is 1.61 bits per heavy atom. The van der Waals surface area contributed by atoms with Crippen LogP contribution >= 0.6 is 0 Å². The molecule has 0 unspecified atom stereocenters. The van der Waals surface area contributed by atoms with Crippen molar-refractivity contribution in [3.05, 3.63) is 82.2 Å². The Balaban J connectivity index is 1.47. The molecule has 6 nitrogen and oxygen atoms in total. The van der Waals surface area contributed by atoms with Crippen LogP contribution in [-0.4, -0.2) is 52.5 Å². The first-order valence-electron chi connectivity index (χ1n) is 13.2. The minimum Gasteiger partial charge on any atom is -0.369 e. The van der Waals surface area contributed by atoms with E-state index >= 15 is 0 Å². The van der Waals surface area contributed by atoms with E-state index in [0.717, 1.165) is 24.4 Å². The molecule has 13 heteroatoms. The lowest BCUT2D eigenvalue weighted by Crippen LogP contribution is -2.36. The maximum absolute atomic E-state index is 13.8. The quantitative estimate of drug-likeness (QED) is 0.365. The number of nitrogens with zero attached hydrogens (tertiary/aromatic N) is 4. The molecule has 3 aromatic rings. The van der Waals surface area contributed by atoms with E-state index in [1.54, 1.807) is 12.1 Å². The fraction of sp³-hybridized carbons (Fsp3) is 0.500. The number of rotatable bonds is 6. The second-order valence-corrected chi connectivity index (χ2v) is 10.9. The molecule has 222 valence electrons. The lowest BCUT2D eigenvalue weighted by atomic mass is 9.88. The van der Waals surface area contributed by atoms with E-state index in [-0.39, 0.29) is 30.0 Å². The standard InChI is InChI=1S/C28H30F7N5O/c1-15(17-8-18(27(30,31)32)10-19(9-17)28(33,34)35)41-24-12-25-37-38-26(23-11-21(13-36-23)39(2)3)40(25)14-22(24)16-4-6-20(29)7-5-16/h4-10,15,21-24,36H,11-14H2,1-3H3/t15-,21-,22-,23+,24+/m1/s1. The maximum atomic E-state index is 13.8. The average Bonchev–Trinajstić information content (AvgIpc) is 3.54. The zero-order valence-electron chi connectivity index (χ0n) is 22.6. The molecule has 5 atom stereocenters. The van der Waals surface area contributed by atoms with Gasteiger partial charge in [-0.25, -0.2) is 4.39 Å². The van der Waals surface area contributed by atoms with Gasteiger partial charge in [-0.3, -0.25) is 0 Å². The van der Waals surface area contributed by atoms with Crippen molar-refractivity contribution in [2.24, 2.45) is 0 Å². The van der Waals surface area contributed by atoms with Gasteiger partial charge in [-0.2, -0.15) is 26.3 Å². The van der Waals surface area contributed by atoms with Gasteiger partial charge in [0.05, 0.1) is 29.4 Å². The van der Waals surface area contributed by atoms with Crippen molar-refractivity contribution in [3.63, 3.8) is 0 Å². The first kappa shape index (κ1) is 29.5. The van der Waals surface area contributed by atoms with E-state index in [4.69, 9.17) is 4.74 Å². The number of fused-ring (bicyclic) bond motifs is 1. The molecular formula is C28H30F7N5O. The summed E-state index contributed by atoms with van der Waals surface area (Å²) < 4.78 is 103. The monoisotopic (exact) mass is 585 g/mol. The molecule has 0 aliphatic carbocycles. The van der Waals surface area contributed by atoms with Crippen LogP contribution in [0.1, 0.15) is 65.3 Å². The van der Waals surface area contributed by atoms with Crippen molar-refractivity contribution in [2.45, 2.75) is 68.9 Å². The fourth-order valence-corrected chi connectivity index (χ4v) is 5.63. The zero-order valence-corrected chi connectivity index (χ0v) is 22.6. The third-order valence-corrected chi connectivity index (χ3v) is 7.97. The van der Waals surface area contributed by atoms with Gasteiger partial charge >= 0.3 is 12.4 Å². The predicted octanol–water partition coefficient (Wildman–Crippen LogP) is 5.91. The van der Waals surface area contributed by atoms with Crippen molar-refractivity contribution in [1.82, 2.24) is 25.0 Å². The fourth-order valence-electron chi connectivity index (χ4n) is 5.63. The molecule has 5 rings (SSSR count). The van der Waals surface area contributed by atoms with Gasteiger partial charge in [0.2, 0.25) is 0 Å². The average molecular weight is 586 g/mol. The molecule has 1 saturated heterocycles. The number of hydrogen-bond donors (Lipinski definition) is 1. The summed E-state index contributed by atoms with van der Waals surface area (Å²) >= 11 is 0. The Labute approximate surface area is 232 Å². The van der Waals surface area contributed by atoms with Crippen LogP contribution in [0.5, 0.6) is 0 Å². The molecule has 41 heavy (non-hydrogen) atoms. The number of halogens is 7. The third-order valence-electron chi connectivity index (χ3n) is 7.97. The number of aromatic nitrogens is 3. The van der Waals surface area contributed by atoms with Crippen molar-refractivity contribution in [3.8, 4) is 0 Å². The van der Waals surface area contributed by atoms with E-state index in [2.05, 4.69) is 20.4 Å². The highest BCUT2D eigenvalue weighted by Gasteiger charge is 2.40. The Bertz CT molecular complexity index is 1340. The van der Waals surface area contributed by atoms with Crippen molar-refractivity contribution in [1.29, 1.82) is 0 Å². The molecule has 2 aliphatic rings. The number of nitrogens with one attached hydrogen (secondary N) is 1. The van der Waals surface area contributed by atoms with Crippen LogP contribution in [0.4, 0.5) is 30.7 Å². The summed E-state index contributed by atoms with van der Waals surface area (Å²) in [7, 11) is 4.01. The number of ether oxygens (including phenoxy) is 1. The van der Waals surface area contributed by atoms with E-state index in [9.17, 15) is 30.7 Å². The van der Waals surface area contributed by atoms with E-state index in [1.807, 2.05) is 18.7 Å². The number of likely N-dealkylation sites (N-methyl/N-ethyl adjacent to an activating group) is 1. The lowest BCUT2D eigenvalue weighted by Gasteiger charge is -2.35. The second-order valence-electron chi connectivity index (χ2n) is 10.9. The first-order chi connectivity index (χ1) is 19.2. The minimum atomic E-state index is -4.97. The lowest BCUT2D eigenvalue weighted by molar-refractivity contribution is -0.143. The van der Waals surface area contributed by atoms with Crippen LogP contribution in [0.3, 0.4) is 0 Å². The summed E-state index contributed by atoms with van der Waals surface area (Å²) in [5, 5.41) is 12.3. The molecule has 2 aromatic carbocycles. The summed E-state index contributed by atoms with van der Waals surface area (Å²) in [4.78, 5) is 2.13. The van der Waals surface area contributed by atoms with Gasteiger partial charge in [0.25, 0.3) is 0 Å². The van der Waals surface area contributed by atoms with E-state index in [1.165, 1.54) is 19.1 Å². The molecule has 3 heterocycles. The smallest absolute Gasteiger partial charge is 0.369 e. The summed E-state index contributed by atoms with van der Waals surface area (Å²) in [6, 6.07) is 7.57. The van der Waals surface area contributed by atoms with Gasteiger partial charge in [0.1, 0.15) is 17.5 Å². The maximum Gasteiger partial charge on any atom is 0.416 e. The van der Waals surface area contributed by atoms with Gasteiger partial charge in [-0.1, -0.05) is 12.1 Å². The van der Waals surface area contributed by atoms with E-state index < -0.39 is 41.5 Å². The van der Waals surface area contributed by atoms with Gasteiger partial charge < -0.3 is 19.5 Å². The highest BCUT2D eigenvalue weighted by Crippen LogP contribution is 2.40. The molecule has 0 bridgehead atoms. The summed E-state index contributed by atoms with van der Waals surface area (Å²) in [5.41, 5.74) is -2.33. The van der Waals surface area contributed by atoms with Crippen LogP contribution < -0.4 is 5.32 Å². The van der Waals surface area contributed by atoms with Crippen LogP contribution in [0.15, 0.2) is 42.5 Å². The normalized spacial score (nSPS) is 24.1. The highest BCUT2D eigenvalue weighted by atomic mass is 19.4. The van der Waals surface area contributed by atoms with Crippen molar-refractivity contribution < 1.29 is 35.5 Å². The van der Waals surface area contributed by atoms with Gasteiger partial charge in [0, 0.05) is 31.5 Å². The van der Waals surface area contributed by atoms with Crippen LogP contribution in [0.25, 0.3) is 0 Å². The summed E-state index contributed by atoms with van der Waals surface area (Å²) in [6.07, 6.45) is -10.7. The van der Waals surface area contributed by atoms with Gasteiger partial charge in [-0.05, 0) is 68.9 Å². The molecule has 0 amide bonds. The molecule has 2 aliphatic heterocycles. The number of hydrogen-bond acceptors (Lipinski definition) is 5. The largest absolute Gasteiger partial charge is 0.416 e. The predicted molar refractivity (Wildman–Crippen MR) is 135 cm³/mol. The Morgan fingerprint density at radius 3 is 2.17 bits per heavy atom.